The van der Waals surface area contributed by atoms with Crippen LogP contribution in [0.15, 0.2) is 108 Å². The van der Waals surface area contributed by atoms with Gasteiger partial charge in [0.15, 0.2) is 0 Å². The van der Waals surface area contributed by atoms with Gasteiger partial charge in [-0.05, 0) is 52.5 Å². The lowest BCUT2D eigenvalue weighted by molar-refractivity contribution is -0.295. The fraction of sp³-hybridized carbons (Fsp3) is 0.380. The van der Waals surface area contributed by atoms with Gasteiger partial charge in [0.1, 0.15) is 13.2 Å². The summed E-state index contributed by atoms with van der Waals surface area (Å²) in [6.07, 6.45) is -22.3. The lowest BCUT2D eigenvalue weighted by Gasteiger charge is -2.28. The molecule has 1 aliphatic rings. The molecule has 1 aliphatic heterocycles. The van der Waals surface area contributed by atoms with Gasteiger partial charge in [-0.3, -0.25) is 0 Å². The molecular formula is C50H46BF15N2O2. The summed E-state index contributed by atoms with van der Waals surface area (Å²) in [5, 5.41) is 0. The predicted molar refractivity (Wildman–Crippen MR) is 238 cm³/mol. The Labute approximate surface area is 394 Å². The second kappa shape index (κ2) is 18.9. The van der Waals surface area contributed by atoms with Crippen molar-refractivity contribution in [3.63, 3.8) is 0 Å². The van der Waals surface area contributed by atoms with E-state index in [0.717, 1.165) is 5.56 Å². The quantitative estimate of drug-likeness (QED) is 0.0821. The number of aliphatic imine (C=N–C) groups is 1. The van der Waals surface area contributed by atoms with Gasteiger partial charge in [-0.1, -0.05) is 144 Å². The molecule has 5 aromatic rings. The van der Waals surface area contributed by atoms with Gasteiger partial charge in [-0.2, -0.15) is 65.9 Å². The fourth-order valence-corrected chi connectivity index (χ4v) is 7.56. The van der Waals surface area contributed by atoms with Crippen molar-refractivity contribution in [1.82, 2.24) is 4.48 Å². The lowest BCUT2D eigenvalue weighted by Crippen LogP contribution is -2.48. The molecule has 0 aliphatic carbocycles. The van der Waals surface area contributed by atoms with Crippen LogP contribution in [0, 0.1) is 6.92 Å². The van der Waals surface area contributed by atoms with Crippen molar-refractivity contribution >= 4 is 24.2 Å². The summed E-state index contributed by atoms with van der Waals surface area (Å²) in [5.41, 5.74) is -0.123. The summed E-state index contributed by atoms with van der Waals surface area (Å²) in [6.45, 7) is 7.26. The molecule has 0 fully saturated rings. The molecule has 0 amide bonds. The van der Waals surface area contributed by atoms with Crippen molar-refractivity contribution in [3.8, 4) is 22.4 Å². The molecule has 376 valence electrons. The maximum atomic E-state index is 15.3. The van der Waals surface area contributed by atoms with Gasteiger partial charge in [-0.15, -0.1) is 0 Å². The van der Waals surface area contributed by atoms with Gasteiger partial charge in [0.25, 0.3) is 0 Å². The van der Waals surface area contributed by atoms with Crippen molar-refractivity contribution in [2.45, 2.75) is 108 Å². The molecular weight excluding hydrogens is 956 g/mol. The van der Waals surface area contributed by atoms with Crippen molar-refractivity contribution in [2.24, 2.45) is 4.99 Å². The van der Waals surface area contributed by atoms with Crippen LogP contribution in [0.4, 0.5) is 65.9 Å². The molecule has 0 atom stereocenters. The number of allylic oxidation sites excluding steroid dienone is 1. The molecule has 70 heavy (non-hydrogen) atoms. The number of aromatic nitrogens is 1. The van der Waals surface area contributed by atoms with Gasteiger partial charge in [-0.25, -0.2) is 4.99 Å². The van der Waals surface area contributed by atoms with Crippen molar-refractivity contribution in [3.05, 3.63) is 142 Å². The Kier molecular flexibility index (Phi) is 14.6. The average Bonchev–Trinajstić information content (AvgIpc) is 3.82. The first-order chi connectivity index (χ1) is 32.0. The highest BCUT2D eigenvalue weighted by atomic mass is 19.4. The summed E-state index contributed by atoms with van der Waals surface area (Å²) in [7, 11) is -3.15. The first-order valence-electron chi connectivity index (χ1n) is 21.6. The Morgan fingerprint density at radius 1 is 0.514 bits per heavy atom. The van der Waals surface area contributed by atoms with Gasteiger partial charge in [0, 0.05) is 45.6 Å². The molecule has 4 nitrogen and oxygen atoms in total. The van der Waals surface area contributed by atoms with Crippen molar-refractivity contribution in [2.75, 3.05) is 13.2 Å². The van der Waals surface area contributed by atoms with Gasteiger partial charge < -0.3 is 13.8 Å². The Balaban J connectivity index is 1.83. The maximum absolute atomic E-state index is 15.3. The van der Waals surface area contributed by atoms with Crippen LogP contribution in [0.3, 0.4) is 0 Å². The molecule has 6 rings (SSSR count). The van der Waals surface area contributed by atoms with Crippen LogP contribution in [-0.4, -0.2) is 67.0 Å². The Morgan fingerprint density at radius 3 is 1.39 bits per heavy atom. The largest absolute Gasteiger partial charge is 0.598 e. The molecule has 2 heterocycles. The molecule has 0 saturated carbocycles. The summed E-state index contributed by atoms with van der Waals surface area (Å²) in [5.74, 6) is -17.1. The number of aryl methyl sites for hydroxylation is 1. The summed E-state index contributed by atoms with van der Waals surface area (Å²) >= 11 is 0. The summed E-state index contributed by atoms with van der Waals surface area (Å²) < 4.78 is 225. The Morgan fingerprint density at radius 2 is 0.943 bits per heavy atom. The zero-order chi connectivity index (χ0) is 52.2. The van der Waals surface area contributed by atoms with Gasteiger partial charge in [0.05, 0.1) is 11.4 Å². The van der Waals surface area contributed by atoms with Gasteiger partial charge in [0.2, 0.25) is 0 Å². The van der Waals surface area contributed by atoms with Crippen molar-refractivity contribution in [1.29, 1.82) is 0 Å². The van der Waals surface area contributed by atoms with E-state index in [9.17, 15) is 57.1 Å². The standard InChI is InChI=1S/C50H46BF15N2O2/c1-29-12-14-32(15-13-29)40-35-10-8-9-11-36(35)41(67-40)37(24-25-45(52,53)48(58,59)60)42-38(30-16-20-33(21-17-30)43(2,3)4)26-39(31-18-22-34(23-19-31)44(5,6)7)68(42)51(69-27-46(54,55)49(61,62)63)70-28-47(56,57)50(64,65)66/h8-23,26H,24-25,27-28H2,1-7H3/b41-37-. The monoisotopic (exact) mass is 1000 g/mol. The molecule has 0 N–H and O–H groups in total. The van der Waals surface area contributed by atoms with E-state index in [1.54, 1.807) is 67.6 Å². The van der Waals surface area contributed by atoms with Crippen LogP contribution < -0.4 is 0 Å². The number of fused-ring (bicyclic) bond motifs is 1. The third kappa shape index (κ3) is 11.3. The van der Waals surface area contributed by atoms with Gasteiger partial charge >= 0.3 is 43.5 Å². The van der Waals surface area contributed by atoms with Crippen LogP contribution in [0.2, 0.25) is 0 Å². The molecule has 0 radical (unpaired) electrons. The number of hydrogen-bond acceptors (Lipinski definition) is 3. The minimum atomic E-state index is -6.39. The Bertz CT molecular complexity index is 2690. The van der Waals surface area contributed by atoms with Crippen LogP contribution >= 0.6 is 0 Å². The van der Waals surface area contributed by atoms with E-state index in [-0.39, 0.29) is 33.7 Å². The highest BCUT2D eigenvalue weighted by molar-refractivity contribution is 6.44. The summed E-state index contributed by atoms with van der Waals surface area (Å²) in [4.78, 5) is 4.77. The minimum Gasteiger partial charge on any atom is -0.385 e. The van der Waals surface area contributed by atoms with E-state index >= 15 is 8.78 Å². The number of alkyl halides is 15. The predicted octanol–water partition coefficient (Wildman–Crippen LogP) is 15.7. The topological polar surface area (TPSA) is 35.8 Å². The third-order valence-corrected chi connectivity index (χ3v) is 11.7. The Hall–Kier alpha value is -5.50. The first kappa shape index (κ1) is 53.8. The van der Waals surface area contributed by atoms with E-state index in [4.69, 9.17) is 14.3 Å². The zero-order valence-corrected chi connectivity index (χ0v) is 38.6. The van der Waals surface area contributed by atoms with E-state index in [1.807, 2.05) is 41.5 Å². The van der Waals surface area contributed by atoms with Crippen molar-refractivity contribution < 1.29 is 75.2 Å². The second-order valence-electron chi connectivity index (χ2n) is 19.1. The average molecular weight is 1000 g/mol. The van der Waals surface area contributed by atoms with Crippen LogP contribution in [-0.2, 0) is 20.1 Å². The highest BCUT2D eigenvalue weighted by Crippen LogP contribution is 2.49. The third-order valence-electron chi connectivity index (χ3n) is 11.7. The molecule has 0 unspecified atom stereocenters. The van der Waals surface area contributed by atoms with E-state index in [1.165, 1.54) is 42.5 Å². The highest BCUT2D eigenvalue weighted by Gasteiger charge is 2.61. The number of nitrogens with zero attached hydrogens (tertiary/aromatic N) is 2. The van der Waals surface area contributed by atoms with Crippen LogP contribution in [0.1, 0.15) is 93.5 Å². The molecule has 0 bridgehead atoms. The number of hydrogen-bond donors (Lipinski definition) is 0. The molecule has 1 aromatic heterocycles. The lowest BCUT2D eigenvalue weighted by atomic mass is 9.85. The SMILES string of the molecule is Cc1ccc(C2=N/C(=C(/CCC(F)(F)C(F)(F)F)c3c(-c4ccc(C(C)(C)C)cc4)cc(-c4ccc(C(C)(C)C)cc4)n3B(OCC(F)(F)C(F)(F)F)OCC(F)(F)C(F)(F)F)c3ccccc32)cc1. The zero-order valence-electron chi connectivity index (χ0n) is 38.6. The molecule has 20 heteroatoms. The first-order valence-corrected chi connectivity index (χ1v) is 21.6. The molecule has 0 saturated heterocycles. The maximum Gasteiger partial charge on any atom is 0.598 e. The number of benzene rings is 4. The fourth-order valence-electron chi connectivity index (χ4n) is 7.56. The van der Waals surface area contributed by atoms with Crippen LogP contribution in [0.5, 0.6) is 0 Å². The molecule has 4 aromatic carbocycles. The normalized spacial score (nSPS) is 15.0. The minimum absolute atomic E-state index is 0.0326. The molecule has 0 spiro atoms. The van der Waals surface area contributed by atoms with E-state index in [2.05, 4.69) is 0 Å². The van der Waals surface area contributed by atoms with E-state index in [0.29, 0.717) is 26.7 Å². The second-order valence-corrected chi connectivity index (χ2v) is 19.1. The number of rotatable bonds is 14. The summed E-state index contributed by atoms with van der Waals surface area (Å²) in [6, 6.07) is 25.9. The smallest absolute Gasteiger partial charge is 0.385 e. The van der Waals surface area contributed by atoms with E-state index < -0.39 is 97.4 Å². The van der Waals surface area contributed by atoms with Crippen LogP contribution in [0.25, 0.3) is 33.7 Å². The number of halogens is 15.